The maximum atomic E-state index is 4.79. The monoisotopic (exact) mass is 391 g/mol. The molecule has 4 aromatic rings. The number of rotatable bonds is 5. The average Bonchev–Trinajstić information content (AvgIpc) is 3.44. The van der Waals surface area contributed by atoms with E-state index in [4.69, 9.17) is 4.98 Å². The molecule has 5 heterocycles. The van der Waals surface area contributed by atoms with Gasteiger partial charge in [0, 0.05) is 48.8 Å². The van der Waals surface area contributed by atoms with Gasteiger partial charge in [-0.1, -0.05) is 17.4 Å². The molecule has 1 N–H and O–H groups in total. The van der Waals surface area contributed by atoms with E-state index in [2.05, 4.69) is 37.4 Å². The number of aryl methyl sites for hydroxylation is 1. The molecule has 1 aliphatic heterocycles. The van der Waals surface area contributed by atoms with Crippen LogP contribution in [0.2, 0.25) is 0 Å². The minimum absolute atomic E-state index is 0.700. The van der Waals surface area contributed by atoms with Crippen molar-refractivity contribution in [2.45, 2.75) is 26.3 Å². The van der Waals surface area contributed by atoms with Gasteiger partial charge in [-0.3, -0.25) is 4.98 Å². The van der Waals surface area contributed by atoms with Gasteiger partial charge in [0.1, 0.15) is 5.82 Å². The number of nitrogens with zero attached hydrogens (tertiary/aromatic N) is 6. The van der Waals surface area contributed by atoms with Crippen LogP contribution in [0.4, 0.5) is 10.9 Å². The molecule has 1 aliphatic rings. The van der Waals surface area contributed by atoms with Gasteiger partial charge in [-0.05, 0) is 38.0 Å². The summed E-state index contributed by atoms with van der Waals surface area (Å²) in [6.45, 7) is 4.93. The SMILES string of the molecule is Cc1ccc(CNc2nn3cc(-c4cccnc4)nc3s2)c(N2CCCC2)n1. The Kier molecular flexibility index (Phi) is 4.40. The number of anilines is 2. The van der Waals surface area contributed by atoms with Gasteiger partial charge in [0.05, 0.1) is 11.9 Å². The molecule has 28 heavy (non-hydrogen) atoms. The lowest BCUT2D eigenvalue weighted by atomic mass is 10.2. The molecule has 5 rings (SSSR count). The second-order valence-corrected chi connectivity index (χ2v) is 7.94. The van der Waals surface area contributed by atoms with Crippen molar-refractivity contribution in [3.63, 3.8) is 0 Å². The van der Waals surface area contributed by atoms with E-state index in [-0.39, 0.29) is 0 Å². The average molecular weight is 392 g/mol. The van der Waals surface area contributed by atoms with Crippen LogP contribution in [-0.2, 0) is 6.54 Å². The highest BCUT2D eigenvalue weighted by molar-refractivity contribution is 7.20. The zero-order valence-electron chi connectivity index (χ0n) is 15.7. The largest absolute Gasteiger partial charge is 0.356 e. The Hall–Kier alpha value is -3.00. The first-order valence-electron chi connectivity index (χ1n) is 9.48. The summed E-state index contributed by atoms with van der Waals surface area (Å²) >= 11 is 1.55. The minimum atomic E-state index is 0.700. The zero-order valence-corrected chi connectivity index (χ0v) is 16.5. The summed E-state index contributed by atoms with van der Waals surface area (Å²) in [5, 5.41) is 8.93. The van der Waals surface area contributed by atoms with E-state index < -0.39 is 0 Å². The Morgan fingerprint density at radius 1 is 1.14 bits per heavy atom. The lowest BCUT2D eigenvalue weighted by Gasteiger charge is -2.20. The van der Waals surface area contributed by atoms with Crippen molar-refractivity contribution < 1.29 is 0 Å². The summed E-state index contributed by atoms with van der Waals surface area (Å²) < 4.78 is 1.82. The fourth-order valence-electron chi connectivity index (χ4n) is 3.51. The number of aromatic nitrogens is 5. The van der Waals surface area contributed by atoms with E-state index in [9.17, 15) is 0 Å². The highest BCUT2D eigenvalue weighted by atomic mass is 32.1. The molecular weight excluding hydrogens is 370 g/mol. The third-order valence-electron chi connectivity index (χ3n) is 4.93. The predicted molar refractivity (Wildman–Crippen MR) is 112 cm³/mol. The van der Waals surface area contributed by atoms with Crippen molar-refractivity contribution in [2.24, 2.45) is 0 Å². The number of imidazole rings is 1. The van der Waals surface area contributed by atoms with Gasteiger partial charge in [-0.2, -0.15) is 0 Å². The molecule has 4 aromatic heterocycles. The molecule has 0 atom stereocenters. The van der Waals surface area contributed by atoms with Crippen LogP contribution in [-0.4, -0.2) is 37.7 Å². The molecule has 0 aliphatic carbocycles. The van der Waals surface area contributed by atoms with Crippen LogP contribution in [0.1, 0.15) is 24.1 Å². The Bertz CT molecular complexity index is 1060. The van der Waals surface area contributed by atoms with Crippen LogP contribution >= 0.6 is 11.3 Å². The molecule has 0 saturated carbocycles. The minimum Gasteiger partial charge on any atom is -0.356 e. The van der Waals surface area contributed by atoms with Crippen LogP contribution in [0.15, 0.2) is 42.9 Å². The van der Waals surface area contributed by atoms with Gasteiger partial charge in [-0.25, -0.2) is 14.5 Å². The fourth-order valence-corrected chi connectivity index (χ4v) is 4.29. The Balaban J connectivity index is 1.34. The van der Waals surface area contributed by atoms with E-state index in [1.54, 1.807) is 17.5 Å². The molecule has 0 bridgehead atoms. The van der Waals surface area contributed by atoms with Gasteiger partial charge in [0.15, 0.2) is 0 Å². The van der Waals surface area contributed by atoms with E-state index in [1.807, 2.05) is 36.0 Å². The molecule has 8 heteroatoms. The summed E-state index contributed by atoms with van der Waals surface area (Å²) in [6.07, 6.45) is 8.00. The van der Waals surface area contributed by atoms with Crippen LogP contribution in [0.25, 0.3) is 16.2 Å². The van der Waals surface area contributed by atoms with Crippen molar-refractivity contribution in [1.29, 1.82) is 0 Å². The second kappa shape index (κ2) is 7.20. The van der Waals surface area contributed by atoms with Crippen LogP contribution in [0.3, 0.4) is 0 Å². The number of nitrogens with one attached hydrogen (secondary N) is 1. The standard InChI is InChI=1S/C20H21N7S/c1-14-6-7-16(18(23-14)26-9-2-3-10-26)12-22-19-25-27-13-17(24-20(27)28-19)15-5-4-8-21-11-15/h4-8,11,13H,2-3,9-10,12H2,1H3,(H,22,25). The Labute approximate surface area is 167 Å². The number of hydrogen-bond acceptors (Lipinski definition) is 7. The molecule has 1 saturated heterocycles. The molecule has 142 valence electrons. The lowest BCUT2D eigenvalue weighted by Crippen LogP contribution is -2.21. The molecule has 0 aromatic carbocycles. The first-order valence-corrected chi connectivity index (χ1v) is 10.3. The fraction of sp³-hybridized carbons (Fsp3) is 0.300. The van der Waals surface area contributed by atoms with Crippen LogP contribution < -0.4 is 10.2 Å². The Morgan fingerprint density at radius 2 is 2.04 bits per heavy atom. The molecule has 7 nitrogen and oxygen atoms in total. The quantitative estimate of drug-likeness (QED) is 0.558. The number of fused-ring (bicyclic) bond motifs is 1. The number of pyridine rings is 2. The number of hydrogen-bond donors (Lipinski definition) is 1. The topological polar surface area (TPSA) is 71.2 Å². The summed E-state index contributed by atoms with van der Waals surface area (Å²) in [5.74, 6) is 1.10. The molecule has 1 fully saturated rings. The van der Waals surface area contributed by atoms with Crippen LogP contribution in [0.5, 0.6) is 0 Å². The van der Waals surface area contributed by atoms with Crippen LogP contribution in [0, 0.1) is 6.92 Å². The third kappa shape index (κ3) is 3.31. The van der Waals surface area contributed by atoms with Gasteiger partial charge >= 0.3 is 0 Å². The van der Waals surface area contributed by atoms with Gasteiger partial charge in [0.25, 0.3) is 0 Å². The molecular formula is C20H21N7S. The summed E-state index contributed by atoms with van der Waals surface area (Å²) in [7, 11) is 0. The van der Waals surface area contributed by atoms with Gasteiger partial charge in [-0.15, -0.1) is 5.10 Å². The van der Waals surface area contributed by atoms with Crippen molar-refractivity contribution in [2.75, 3.05) is 23.3 Å². The van der Waals surface area contributed by atoms with Crippen molar-refractivity contribution in [1.82, 2.24) is 24.6 Å². The van der Waals surface area contributed by atoms with Gasteiger partial charge in [0.2, 0.25) is 10.1 Å². The first-order chi connectivity index (χ1) is 13.8. The van der Waals surface area contributed by atoms with E-state index in [1.165, 1.54) is 18.4 Å². The predicted octanol–water partition coefficient (Wildman–Crippen LogP) is 3.77. The first kappa shape index (κ1) is 17.1. The summed E-state index contributed by atoms with van der Waals surface area (Å²) in [5.41, 5.74) is 4.14. The van der Waals surface area contributed by atoms with Crippen molar-refractivity contribution in [3.05, 3.63) is 54.1 Å². The zero-order chi connectivity index (χ0) is 18.9. The lowest BCUT2D eigenvalue weighted by molar-refractivity contribution is 0.903. The highest BCUT2D eigenvalue weighted by Crippen LogP contribution is 2.26. The maximum Gasteiger partial charge on any atom is 0.214 e. The van der Waals surface area contributed by atoms with Gasteiger partial charge < -0.3 is 10.2 Å². The van der Waals surface area contributed by atoms with E-state index >= 15 is 0 Å². The van der Waals surface area contributed by atoms with E-state index in [0.717, 1.165) is 46.0 Å². The smallest absolute Gasteiger partial charge is 0.214 e. The van der Waals surface area contributed by atoms with Crippen molar-refractivity contribution >= 4 is 27.2 Å². The highest BCUT2D eigenvalue weighted by Gasteiger charge is 2.18. The Morgan fingerprint density at radius 3 is 2.82 bits per heavy atom. The summed E-state index contributed by atoms with van der Waals surface area (Å²) in [6, 6.07) is 8.16. The maximum absolute atomic E-state index is 4.79. The summed E-state index contributed by atoms with van der Waals surface area (Å²) in [4.78, 5) is 16.9. The molecule has 0 amide bonds. The molecule has 0 unspecified atom stereocenters. The van der Waals surface area contributed by atoms with Crippen molar-refractivity contribution in [3.8, 4) is 11.3 Å². The third-order valence-corrected chi connectivity index (χ3v) is 5.81. The molecule has 0 radical (unpaired) electrons. The van der Waals surface area contributed by atoms with E-state index in [0.29, 0.717) is 6.54 Å². The second-order valence-electron chi connectivity index (χ2n) is 6.99. The molecule has 0 spiro atoms. The normalized spacial score (nSPS) is 14.1.